The van der Waals surface area contributed by atoms with Crippen LogP contribution in [0.5, 0.6) is 5.75 Å². The van der Waals surface area contributed by atoms with Crippen molar-refractivity contribution in [2.75, 3.05) is 29.9 Å². The Kier molecular flexibility index (Phi) is 12.6. The number of hydrogen-bond acceptors (Lipinski definition) is 4. The number of allylic oxidation sites excluding steroid dienone is 2. The summed E-state index contributed by atoms with van der Waals surface area (Å²) in [5, 5.41) is 10.7. The largest absolute Gasteiger partial charge is 0.508 e. The Morgan fingerprint density at radius 2 is 1.70 bits per heavy atom. The van der Waals surface area contributed by atoms with E-state index < -0.39 is 10.0 Å². The minimum absolute atomic E-state index is 0.111. The summed E-state index contributed by atoms with van der Waals surface area (Å²) in [6, 6.07) is 14.5. The number of aromatic nitrogens is 1. The lowest BCUT2D eigenvalue weighted by molar-refractivity contribution is 0.416. The molecule has 1 N–H and O–H groups in total. The number of methoxy groups -OCH3 is 1. The van der Waals surface area contributed by atoms with E-state index in [1.165, 1.54) is 9.88 Å². The number of nitrogens with zero attached hydrogens (tertiary/aromatic N) is 2. The highest BCUT2D eigenvalue weighted by atomic mass is 79.9. The number of ether oxygens (including phenoxy) is 1. The second-order valence-electron chi connectivity index (χ2n) is 9.30. The molecule has 1 aliphatic heterocycles. The van der Waals surface area contributed by atoms with Gasteiger partial charge in [0.2, 0.25) is 10.0 Å². The number of sulfonamides is 1. The summed E-state index contributed by atoms with van der Waals surface area (Å²) in [7, 11) is 0.810. The van der Waals surface area contributed by atoms with Gasteiger partial charge < -0.3 is 14.4 Å². The molecule has 0 saturated carbocycles. The van der Waals surface area contributed by atoms with Crippen LogP contribution in [-0.2, 0) is 10.0 Å². The number of aliphatic hydroxyl groups is 1. The predicted molar refractivity (Wildman–Crippen MR) is 178 cm³/mol. The van der Waals surface area contributed by atoms with Gasteiger partial charge in [0.15, 0.2) is 0 Å². The number of aryl methyl sites for hydroxylation is 1. The number of aliphatic hydroxyl groups excluding tert-OH is 1. The van der Waals surface area contributed by atoms with Crippen LogP contribution < -0.4 is 9.04 Å². The molecule has 0 radical (unpaired) electrons. The van der Waals surface area contributed by atoms with E-state index in [2.05, 4.69) is 44.9 Å². The molecular weight excluding hydrogens is 631 g/mol. The third-order valence-electron chi connectivity index (χ3n) is 5.74. The van der Waals surface area contributed by atoms with Crippen LogP contribution in [0.1, 0.15) is 31.5 Å². The minimum atomic E-state index is -3.38. The summed E-state index contributed by atoms with van der Waals surface area (Å²) < 4.78 is 34.9. The molecule has 6 nitrogen and oxygen atoms in total. The first-order valence-electron chi connectivity index (χ1n) is 12.4. The van der Waals surface area contributed by atoms with Crippen molar-refractivity contribution in [3.05, 3.63) is 94.6 Å². The Morgan fingerprint density at radius 1 is 1.10 bits per heavy atom. The Morgan fingerprint density at radius 3 is 2.20 bits per heavy atom. The van der Waals surface area contributed by atoms with Crippen molar-refractivity contribution in [2.45, 2.75) is 27.2 Å². The predicted octanol–water partition coefficient (Wildman–Crippen LogP) is 8.54. The number of anilines is 1. The summed E-state index contributed by atoms with van der Waals surface area (Å²) in [6.45, 7) is 17.0. The fourth-order valence-electron chi connectivity index (χ4n) is 3.94. The van der Waals surface area contributed by atoms with Gasteiger partial charge in [-0.25, -0.2) is 8.42 Å². The van der Waals surface area contributed by atoms with E-state index in [-0.39, 0.29) is 11.5 Å². The van der Waals surface area contributed by atoms with Crippen molar-refractivity contribution >= 4 is 58.2 Å². The molecule has 40 heavy (non-hydrogen) atoms. The molecule has 2 aromatic carbocycles. The van der Waals surface area contributed by atoms with Crippen LogP contribution >= 0.6 is 36.8 Å². The number of hydrogen-bond donors (Lipinski definition) is 1. The minimum Gasteiger partial charge on any atom is -0.508 e. The molecule has 1 atom stereocenters. The molecule has 10 heteroatoms. The van der Waals surface area contributed by atoms with Crippen LogP contribution in [0.2, 0.25) is 5.02 Å². The summed E-state index contributed by atoms with van der Waals surface area (Å²) >= 11 is 9.33. The summed E-state index contributed by atoms with van der Waals surface area (Å²) in [5.74, 6) is 0.639. The molecule has 1 saturated heterocycles. The third kappa shape index (κ3) is 9.00. The van der Waals surface area contributed by atoms with Gasteiger partial charge in [0.05, 0.1) is 24.2 Å². The lowest BCUT2D eigenvalue weighted by atomic mass is 10.1. The lowest BCUT2D eigenvalue weighted by Crippen LogP contribution is -2.25. The maximum absolute atomic E-state index is 12.5. The van der Waals surface area contributed by atoms with Gasteiger partial charge in [0, 0.05) is 34.1 Å². The zero-order valence-electron chi connectivity index (χ0n) is 23.4. The third-order valence-corrected chi connectivity index (χ3v) is 8.54. The SMILES string of the molecule is C=C(C)Br.C=C(C)CP.C=C(O)c1cc(N2CCCS2(=O)=O)cc(-n2c(C)ccc2-c2cc(Cl)ccc2OC)c1. The molecule has 4 rings (SSSR count). The van der Waals surface area contributed by atoms with Gasteiger partial charge in [-0.2, -0.15) is 0 Å². The highest BCUT2D eigenvalue weighted by Crippen LogP contribution is 2.37. The Bertz CT molecular complexity index is 1500. The van der Waals surface area contributed by atoms with Gasteiger partial charge in [0.1, 0.15) is 11.5 Å². The van der Waals surface area contributed by atoms with Crippen molar-refractivity contribution in [2.24, 2.45) is 0 Å². The molecule has 1 unspecified atom stereocenters. The average Bonchev–Trinajstić information content (AvgIpc) is 3.44. The van der Waals surface area contributed by atoms with Crippen LogP contribution in [0.25, 0.3) is 22.7 Å². The maximum atomic E-state index is 12.5. The Labute approximate surface area is 254 Å². The van der Waals surface area contributed by atoms with Crippen molar-refractivity contribution in [1.29, 1.82) is 0 Å². The smallest absolute Gasteiger partial charge is 0.235 e. The van der Waals surface area contributed by atoms with Gasteiger partial charge >= 0.3 is 0 Å². The van der Waals surface area contributed by atoms with Crippen LogP contribution in [0.15, 0.2) is 78.3 Å². The van der Waals surface area contributed by atoms with Crippen LogP contribution in [0, 0.1) is 6.92 Å². The van der Waals surface area contributed by atoms with Gasteiger partial charge in [-0.05, 0) is 86.4 Å². The van der Waals surface area contributed by atoms with Crippen LogP contribution in [0.4, 0.5) is 5.69 Å². The van der Waals surface area contributed by atoms with E-state index in [9.17, 15) is 13.5 Å². The van der Waals surface area contributed by atoms with E-state index in [1.54, 1.807) is 31.4 Å². The molecular formula is C30H37BrClN2O4PS. The molecule has 1 aromatic heterocycles. The summed E-state index contributed by atoms with van der Waals surface area (Å²) in [5.41, 5.74) is 5.41. The lowest BCUT2D eigenvalue weighted by Gasteiger charge is -2.21. The second kappa shape index (κ2) is 14.9. The highest BCUT2D eigenvalue weighted by molar-refractivity contribution is 9.11. The highest BCUT2D eigenvalue weighted by Gasteiger charge is 2.29. The molecule has 0 aliphatic carbocycles. The molecule has 3 aromatic rings. The van der Waals surface area contributed by atoms with Crippen LogP contribution in [-0.4, -0.2) is 43.7 Å². The molecule has 0 amide bonds. The number of benzene rings is 2. The van der Waals surface area contributed by atoms with Gasteiger partial charge in [0.25, 0.3) is 0 Å². The van der Waals surface area contributed by atoms with E-state index >= 15 is 0 Å². The van der Waals surface area contributed by atoms with Gasteiger partial charge in [-0.3, -0.25) is 4.31 Å². The average molecular weight is 668 g/mol. The van der Waals surface area contributed by atoms with E-state index in [0.717, 1.165) is 27.6 Å². The van der Waals surface area contributed by atoms with E-state index in [4.69, 9.17) is 16.3 Å². The fraction of sp³-hybridized carbons (Fsp3) is 0.267. The molecule has 0 spiro atoms. The second-order valence-corrected chi connectivity index (χ2v) is 13.5. The normalized spacial score (nSPS) is 13.4. The molecule has 2 heterocycles. The van der Waals surface area contributed by atoms with E-state index in [1.807, 2.05) is 49.6 Å². The molecule has 216 valence electrons. The first kappa shape index (κ1) is 33.7. The van der Waals surface area contributed by atoms with Crippen molar-refractivity contribution in [1.82, 2.24) is 4.57 Å². The Hall–Kier alpha value is -2.51. The van der Waals surface area contributed by atoms with Crippen LogP contribution in [0.3, 0.4) is 0 Å². The summed E-state index contributed by atoms with van der Waals surface area (Å²) in [6.07, 6.45) is 1.59. The maximum Gasteiger partial charge on any atom is 0.235 e. The van der Waals surface area contributed by atoms with Gasteiger partial charge in [-0.15, -0.1) is 9.24 Å². The molecule has 1 aliphatic rings. The summed E-state index contributed by atoms with van der Waals surface area (Å²) in [4.78, 5) is 0. The fourth-order valence-corrected chi connectivity index (χ4v) is 5.66. The van der Waals surface area contributed by atoms with E-state index in [0.29, 0.717) is 40.7 Å². The van der Waals surface area contributed by atoms with Crippen molar-refractivity contribution in [3.63, 3.8) is 0 Å². The molecule has 1 fully saturated rings. The monoisotopic (exact) mass is 666 g/mol. The standard InChI is InChI=1S/C23H23ClN2O4S.C4H9P.C3H5Br/c1-15-5-7-22(21-13-18(24)6-8-23(21)30-3)26(15)20-12-17(16(2)27)11-19(14-20)25-9-4-10-31(25,28)29;1-4(2)3-5;1-3(2)4/h5-8,11-14,27H,2,4,9-10H2,1,3H3;1,3,5H2,2H3;1H2,2H3. The molecule has 0 bridgehead atoms. The van der Waals surface area contributed by atoms with Crippen molar-refractivity contribution < 1.29 is 18.3 Å². The first-order chi connectivity index (χ1) is 18.7. The number of halogens is 2. The van der Waals surface area contributed by atoms with Crippen molar-refractivity contribution in [3.8, 4) is 22.7 Å². The topological polar surface area (TPSA) is 71.8 Å². The first-order valence-corrected chi connectivity index (χ1v) is 16.0. The zero-order chi connectivity index (χ0) is 30.2. The van der Waals surface area contributed by atoms with Gasteiger partial charge in [-0.1, -0.05) is 52.8 Å². The quantitative estimate of drug-likeness (QED) is 0.163. The number of rotatable bonds is 6. The Balaban J connectivity index is 0.000000543. The zero-order valence-corrected chi connectivity index (χ0v) is 27.7.